The first-order valence-corrected chi connectivity index (χ1v) is 7.48. The van der Waals surface area contributed by atoms with Gasteiger partial charge in [-0.2, -0.15) is 0 Å². The second kappa shape index (κ2) is 7.74. The number of nitrogens with one attached hydrogen (secondary N) is 1. The Morgan fingerprint density at radius 1 is 1.19 bits per heavy atom. The van der Waals surface area contributed by atoms with Gasteiger partial charge in [-0.3, -0.25) is 9.78 Å². The molecule has 1 heterocycles. The highest BCUT2D eigenvalue weighted by Crippen LogP contribution is 2.18. The van der Waals surface area contributed by atoms with Crippen LogP contribution in [0.25, 0.3) is 10.9 Å². The van der Waals surface area contributed by atoms with E-state index >= 15 is 0 Å². The van der Waals surface area contributed by atoms with Crippen LogP contribution in [0.4, 0.5) is 0 Å². The number of aryl methyl sites for hydroxylation is 1. The van der Waals surface area contributed by atoms with Crippen molar-refractivity contribution in [3.63, 3.8) is 0 Å². The number of pyridine rings is 1. The molecule has 0 radical (unpaired) electrons. The molecule has 0 bridgehead atoms. The lowest BCUT2D eigenvalue weighted by molar-refractivity contribution is 0.0954. The number of aliphatic hydroxyl groups excluding tert-OH is 1. The summed E-state index contributed by atoms with van der Waals surface area (Å²) in [6.07, 6.45) is 3.80. The molecule has 1 aromatic carbocycles. The molecule has 0 aliphatic rings. The fourth-order valence-corrected chi connectivity index (χ4v) is 2.38. The van der Waals surface area contributed by atoms with Crippen LogP contribution in [0.2, 0.25) is 0 Å². The van der Waals surface area contributed by atoms with Crippen LogP contribution in [-0.4, -0.2) is 29.1 Å². The molecule has 0 saturated heterocycles. The van der Waals surface area contributed by atoms with Crippen molar-refractivity contribution in [2.45, 2.75) is 32.6 Å². The van der Waals surface area contributed by atoms with E-state index in [0.717, 1.165) is 42.3 Å². The van der Waals surface area contributed by atoms with Gasteiger partial charge in [0, 0.05) is 24.2 Å². The molecule has 21 heavy (non-hydrogen) atoms. The SMILES string of the molecule is Cc1cc(C(=O)NCCCCCCO)c2ccccc2n1. The smallest absolute Gasteiger partial charge is 0.252 e. The van der Waals surface area contributed by atoms with Gasteiger partial charge in [-0.25, -0.2) is 0 Å². The number of carbonyl (C=O) groups is 1. The summed E-state index contributed by atoms with van der Waals surface area (Å²) in [7, 11) is 0. The molecule has 2 N–H and O–H groups in total. The van der Waals surface area contributed by atoms with Crippen molar-refractivity contribution < 1.29 is 9.90 Å². The van der Waals surface area contributed by atoms with E-state index < -0.39 is 0 Å². The van der Waals surface area contributed by atoms with E-state index in [-0.39, 0.29) is 12.5 Å². The highest BCUT2D eigenvalue weighted by atomic mass is 16.2. The molecule has 4 heteroatoms. The summed E-state index contributed by atoms with van der Waals surface area (Å²) in [6, 6.07) is 9.54. The van der Waals surface area contributed by atoms with Crippen LogP contribution in [0.1, 0.15) is 41.7 Å². The monoisotopic (exact) mass is 286 g/mol. The Balaban J connectivity index is 1.99. The third-order valence-electron chi connectivity index (χ3n) is 3.46. The molecule has 0 fully saturated rings. The van der Waals surface area contributed by atoms with E-state index in [2.05, 4.69) is 10.3 Å². The lowest BCUT2D eigenvalue weighted by Crippen LogP contribution is -2.24. The molecule has 0 atom stereocenters. The Kier molecular flexibility index (Phi) is 5.69. The van der Waals surface area contributed by atoms with Crippen LogP contribution >= 0.6 is 0 Å². The molecule has 2 rings (SSSR count). The van der Waals surface area contributed by atoms with Crippen LogP contribution < -0.4 is 5.32 Å². The highest BCUT2D eigenvalue weighted by Gasteiger charge is 2.10. The average molecular weight is 286 g/mol. The van der Waals surface area contributed by atoms with Crippen LogP contribution in [-0.2, 0) is 0 Å². The van der Waals surface area contributed by atoms with Crippen molar-refractivity contribution in [3.8, 4) is 0 Å². The first-order chi connectivity index (χ1) is 10.2. The van der Waals surface area contributed by atoms with Gasteiger partial charge in [0.15, 0.2) is 0 Å². The third-order valence-corrected chi connectivity index (χ3v) is 3.46. The zero-order valence-electron chi connectivity index (χ0n) is 12.4. The van der Waals surface area contributed by atoms with E-state index in [0.29, 0.717) is 12.1 Å². The number of hydrogen-bond donors (Lipinski definition) is 2. The number of nitrogens with zero attached hydrogens (tertiary/aromatic N) is 1. The van der Waals surface area contributed by atoms with Crippen LogP contribution in [0.15, 0.2) is 30.3 Å². The minimum Gasteiger partial charge on any atom is -0.396 e. The Morgan fingerprint density at radius 2 is 1.95 bits per heavy atom. The maximum atomic E-state index is 12.3. The zero-order chi connectivity index (χ0) is 15.1. The van der Waals surface area contributed by atoms with Crippen molar-refractivity contribution in [1.82, 2.24) is 10.3 Å². The molecular formula is C17H22N2O2. The number of para-hydroxylation sites is 1. The Hall–Kier alpha value is -1.94. The Labute approximate surface area is 125 Å². The van der Waals surface area contributed by atoms with Gasteiger partial charge in [0.1, 0.15) is 0 Å². The number of unbranched alkanes of at least 4 members (excludes halogenated alkanes) is 3. The van der Waals surface area contributed by atoms with Crippen molar-refractivity contribution in [3.05, 3.63) is 41.6 Å². The van der Waals surface area contributed by atoms with Gasteiger partial charge in [-0.1, -0.05) is 31.0 Å². The number of benzene rings is 1. The molecule has 2 aromatic rings. The minimum atomic E-state index is -0.0427. The fraction of sp³-hybridized carbons (Fsp3) is 0.412. The van der Waals surface area contributed by atoms with Crippen molar-refractivity contribution >= 4 is 16.8 Å². The maximum absolute atomic E-state index is 12.3. The molecule has 0 spiro atoms. The molecule has 0 aliphatic heterocycles. The molecule has 4 nitrogen and oxygen atoms in total. The Morgan fingerprint density at radius 3 is 2.76 bits per heavy atom. The summed E-state index contributed by atoms with van der Waals surface area (Å²) < 4.78 is 0. The number of fused-ring (bicyclic) bond motifs is 1. The fourth-order valence-electron chi connectivity index (χ4n) is 2.38. The topological polar surface area (TPSA) is 62.2 Å². The van der Waals surface area contributed by atoms with Gasteiger partial charge in [0.2, 0.25) is 0 Å². The van der Waals surface area contributed by atoms with Gasteiger partial charge in [0.05, 0.1) is 11.1 Å². The summed E-state index contributed by atoms with van der Waals surface area (Å²) in [6.45, 7) is 2.81. The van der Waals surface area contributed by atoms with Gasteiger partial charge in [0.25, 0.3) is 5.91 Å². The highest BCUT2D eigenvalue weighted by molar-refractivity contribution is 6.06. The lowest BCUT2D eigenvalue weighted by Gasteiger charge is -2.09. The minimum absolute atomic E-state index is 0.0427. The number of carbonyl (C=O) groups excluding carboxylic acids is 1. The standard InChI is InChI=1S/C17H22N2O2/c1-13-12-15(14-8-4-5-9-16(14)19-13)17(21)18-10-6-2-3-7-11-20/h4-5,8-9,12,20H,2-3,6-7,10-11H2,1H3,(H,18,21). The van der Waals surface area contributed by atoms with E-state index in [1.165, 1.54) is 0 Å². The van der Waals surface area contributed by atoms with Gasteiger partial charge in [-0.05, 0) is 31.9 Å². The van der Waals surface area contributed by atoms with E-state index in [1.54, 1.807) is 0 Å². The predicted octanol–water partition coefficient (Wildman–Crippen LogP) is 2.83. The number of amides is 1. The first kappa shape index (κ1) is 15.4. The quantitative estimate of drug-likeness (QED) is 0.769. The van der Waals surface area contributed by atoms with E-state index in [1.807, 2.05) is 37.3 Å². The van der Waals surface area contributed by atoms with Crippen molar-refractivity contribution in [2.24, 2.45) is 0 Å². The van der Waals surface area contributed by atoms with Crippen molar-refractivity contribution in [2.75, 3.05) is 13.2 Å². The molecule has 0 aliphatic carbocycles. The van der Waals surface area contributed by atoms with Gasteiger partial charge in [-0.15, -0.1) is 0 Å². The zero-order valence-corrected chi connectivity index (χ0v) is 12.4. The Bertz CT molecular complexity index is 611. The van der Waals surface area contributed by atoms with Gasteiger partial charge < -0.3 is 10.4 Å². The number of aromatic nitrogens is 1. The summed E-state index contributed by atoms with van der Waals surface area (Å²) in [4.78, 5) is 16.8. The van der Waals surface area contributed by atoms with Gasteiger partial charge >= 0.3 is 0 Å². The number of aliphatic hydroxyl groups is 1. The summed E-state index contributed by atoms with van der Waals surface area (Å²) in [5.74, 6) is -0.0427. The molecule has 1 aromatic heterocycles. The molecular weight excluding hydrogens is 264 g/mol. The average Bonchev–Trinajstić information content (AvgIpc) is 2.49. The summed E-state index contributed by atoms with van der Waals surface area (Å²) in [5.41, 5.74) is 2.39. The van der Waals surface area contributed by atoms with Crippen LogP contribution in [0.5, 0.6) is 0 Å². The summed E-state index contributed by atoms with van der Waals surface area (Å²) >= 11 is 0. The lowest BCUT2D eigenvalue weighted by atomic mass is 10.1. The maximum Gasteiger partial charge on any atom is 0.252 e. The molecule has 1 amide bonds. The summed E-state index contributed by atoms with van der Waals surface area (Å²) in [5, 5.41) is 12.6. The second-order valence-corrected chi connectivity index (χ2v) is 5.22. The third kappa shape index (κ3) is 4.26. The van der Waals surface area contributed by atoms with E-state index in [9.17, 15) is 4.79 Å². The molecule has 112 valence electrons. The van der Waals surface area contributed by atoms with Crippen molar-refractivity contribution in [1.29, 1.82) is 0 Å². The first-order valence-electron chi connectivity index (χ1n) is 7.48. The predicted molar refractivity (Wildman–Crippen MR) is 84.4 cm³/mol. The molecule has 0 unspecified atom stereocenters. The number of hydrogen-bond acceptors (Lipinski definition) is 3. The molecule has 0 saturated carbocycles. The van der Waals surface area contributed by atoms with Crippen LogP contribution in [0.3, 0.4) is 0 Å². The van der Waals surface area contributed by atoms with E-state index in [4.69, 9.17) is 5.11 Å². The normalized spacial score (nSPS) is 10.8. The largest absolute Gasteiger partial charge is 0.396 e. The second-order valence-electron chi connectivity index (χ2n) is 5.22. The van der Waals surface area contributed by atoms with Crippen LogP contribution in [0, 0.1) is 6.92 Å². The number of rotatable bonds is 7.